The van der Waals surface area contributed by atoms with Gasteiger partial charge in [0.15, 0.2) is 6.61 Å². The van der Waals surface area contributed by atoms with E-state index in [0.29, 0.717) is 10.6 Å². The highest BCUT2D eigenvalue weighted by Crippen LogP contribution is 2.37. The van der Waals surface area contributed by atoms with Gasteiger partial charge < -0.3 is 15.8 Å². The number of hydrogen-bond donors (Lipinski definition) is 2. The monoisotopic (exact) mass is 416 g/mol. The number of primary amides is 1. The average Bonchev–Trinajstić information content (AvgIpc) is 3.15. The number of anilines is 1. The van der Waals surface area contributed by atoms with Crippen molar-refractivity contribution in [3.05, 3.63) is 39.0 Å². The summed E-state index contributed by atoms with van der Waals surface area (Å²) >= 11 is 1.37. The Hall–Kier alpha value is -2.94. The smallest absolute Gasteiger partial charge is 0.331 e. The van der Waals surface area contributed by atoms with Crippen LogP contribution < -0.4 is 11.1 Å². The van der Waals surface area contributed by atoms with Gasteiger partial charge in [0.05, 0.1) is 11.3 Å². The highest BCUT2D eigenvalue weighted by molar-refractivity contribution is 7.17. The van der Waals surface area contributed by atoms with Gasteiger partial charge in [-0.25, -0.2) is 4.79 Å². The highest BCUT2D eigenvalue weighted by Gasteiger charge is 2.25. The van der Waals surface area contributed by atoms with Crippen LogP contribution in [0.4, 0.5) is 5.00 Å². The molecule has 0 unspecified atom stereocenters. The van der Waals surface area contributed by atoms with Crippen LogP contribution >= 0.6 is 11.3 Å². The number of carbonyl (C=O) groups excluding carboxylic acids is 3. The summed E-state index contributed by atoms with van der Waals surface area (Å²) in [5, 5.41) is 7.37. The first-order valence-corrected chi connectivity index (χ1v) is 10.2. The molecule has 2 aromatic heterocycles. The normalized spacial score (nSPS) is 13.3. The lowest BCUT2D eigenvalue weighted by molar-refractivity contribution is -0.142. The van der Waals surface area contributed by atoms with E-state index >= 15 is 0 Å². The first kappa shape index (κ1) is 20.8. The summed E-state index contributed by atoms with van der Waals surface area (Å²) in [5.74, 6) is -1.70. The molecule has 3 rings (SSSR count). The van der Waals surface area contributed by atoms with Crippen molar-refractivity contribution >= 4 is 40.2 Å². The molecule has 29 heavy (non-hydrogen) atoms. The summed E-state index contributed by atoms with van der Waals surface area (Å²) in [6.07, 6.45) is 6.60. The molecule has 9 heteroatoms. The second kappa shape index (κ2) is 8.60. The van der Waals surface area contributed by atoms with Crippen LogP contribution in [0.3, 0.4) is 0 Å². The number of rotatable bonds is 6. The number of carbonyl (C=O) groups is 3. The van der Waals surface area contributed by atoms with Gasteiger partial charge in [0, 0.05) is 29.3 Å². The number of thiophene rings is 1. The molecule has 2 amide bonds. The van der Waals surface area contributed by atoms with Crippen LogP contribution in [0.1, 0.15) is 50.6 Å². The van der Waals surface area contributed by atoms with E-state index in [1.165, 1.54) is 17.4 Å². The number of esters is 1. The van der Waals surface area contributed by atoms with E-state index in [4.69, 9.17) is 10.5 Å². The zero-order valence-electron chi connectivity index (χ0n) is 16.7. The van der Waals surface area contributed by atoms with Gasteiger partial charge in [-0.2, -0.15) is 5.10 Å². The predicted octanol–water partition coefficient (Wildman–Crippen LogP) is 2.27. The van der Waals surface area contributed by atoms with E-state index in [9.17, 15) is 14.4 Å². The number of nitrogens with zero attached hydrogens (tertiary/aromatic N) is 2. The van der Waals surface area contributed by atoms with Gasteiger partial charge in [0.2, 0.25) is 0 Å². The summed E-state index contributed by atoms with van der Waals surface area (Å²) in [6.45, 7) is 3.30. The first-order chi connectivity index (χ1) is 13.8. The van der Waals surface area contributed by atoms with Crippen molar-refractivity contribution in [1.29, 1.82) is 0 Å². The number of ether oxygens (including phenoxy) is 1. The van der Waals surface area contributed by atoms with Crippen molar-refractivity contribution in [3.8, 4) is 0 Å². The largest absolute Gasteiger partial charge is 0.452 e. The Morgan fingerprint density at radius 3 is 2.66 bits per heavy atom. The van der Waals surface area contributed by atoms with Crippen LogP contribution in [0.5, 0.6) is 0 Å². The van der Waals surface area contributed by atoms with E-state index in [2.05, 4.69) is 10.4 Å². The second-order valence-corrected chi connectivity index (χ2v) is 8.08. The Balaban J connectivity index is 1.60. The fraction of sp³-hybridized carbons (Fsp3) is 0.400. The second-order valence-electron chi connectivity index (χ2n) is 6.98. The number of nitrogens with one attached hydrogen (secondary N) is 1. The van der Waals surface area contributed by atoms with Gasteiger partial charge in [0.25, 0.3) is 11.8 Å². The Kier molecular flexibility index (Phi) is 6.17. The van der Waals surface area contributed by atoms with Crippen molar-refractivity contribution in [2.45, 2.75) is 39.5 Å². The molecule has 8 nitrogen and oxygen atoms in total. The molecule has 154 valence electrons. The highest BCUT2D eigenvalue weighted by atomic mass is 32.1. The fourth-order valence-electron chi connectivity index (χ4n) is 3.44. The summed E-state index contributed by atoms with van der Waals surface area (Å²) in [6, 6.07) is 0. The van der Waals surface area contributed by atoms with E-state index in [1.54, 1.807) is 10.8 Å². The third-order valence-corrected chi connectivity index (χ3v) is 6.17. The van der Waals surface area contributed by atoms with Crippen molar-refractivity contribution < 1.29 is 19.1 Å². The van der Waals surface area contributed by atoms with Crippen LogP contribution in [-0.2, 0) is 34.2 Å². The molecule has 0 saturated heterocycles. The van der Waals surface area contributed by atoms with Crippen LogP contribution in [0.15, 0.2) is 6.08 Å². The molecule has 1 aliphatic rings. The molecular weight excluding hydrogens is 392 g/mol. The number of amides is 2. The van der Waals surface area contributed by atoms with E-state index in [1.807, 2.05) is 20.9 Å². The Morgan fingerprint density at radius 2 is 2.00 bits per heavy atom. The van der Waals surface area contributed by atoms with Crippen LogP contribution in [-0.4, -0.2) is 34.2 Å². The van der Waals surface area contributed by atoms with Gasteiger partial charge in [-0.1, -0.05) is 0 Å². The molecule has 0 aliphatic heterocycles. The summed E-state index contributed by atoms with van der Waals surface area (Å²) in [4.78, 5) is 37.1. The molecule has 0 radical (unpaired) electrons. The molecule has 0 spiro atoms. The summed E-state index contributed by atoms with van der Waals surface area (Å²) in [5.41, 5.74) is 9.39. The van der Waals surface area contributed by atoms with Crippen LogP contribution in [0.2, 0.25) is 0 Å². The standard InChI is InChI=1S/C20H24N4O4S/c1-11-13(12(2)24(3)23-11)8-9-17(26)28-10-16(25)22-20-18(19(21)27)14-6-4-5-7-15(14)29-20/h8-9H,4-7,10H2,1-3H3,(H2,21,27)(H,22,25)/b9-8+. The zero-order chi connectivity index (χ0) is 21.1. The molecule has 3 N–H and O–H groups in total. The Morgan fingerprint density at radius 1 is 1.28 bits per heavy atom. The van der Waals surface area contributed by atoms with Gasteiger partial charge >= 0.3 is 5.97 Å². The Labute approximate surface area is 172 Å². The van der Waals surface area contributed by atoms with Gasteiger partial charge in [0.1, 0.15) is 5.00 Å². The maximum Gasteiger partial charge on any atom is 0.331 e. The first-order valence-electron chi connectivity index (χ1n) is 9.37. The third kappa shape index (κ3) is 4.56. The van der Waals surface area contributed by atoms with Crippen LogP contribution in [0.25, 0.3) is 6.08 Å². The third-order valence-electron chi connectivity index (χ3n) is 4.97. The summed E-state index contributed by atoms with van der Waals surface area (Å²) in [7, 11) is 1.82. The lowest BCUT2D eigenvalue weighted by Crippen LogP contribution is -2.22. The van der Waals surface area contributed by atoms with Gasteiger partial charge in [-0.15, -0.1) is 11.3 Å². The van der Waals surface area contributed by atoms with Gasteiger partial charge in [-0.3, -0.25) is 14.3 Å². The molecule has 0 bridgehead atoms. The van der Waals surface area contributed by atoms with E-state index < -0.39 is 24.4 Å². The zero-order valence-corrected chi connectivity index (χ0v) is 17.5. The maximum absolute atomic E-state index is 12.2. The minimum atomic E-state index is -0.636. The number of aryl methyl sites for hydroxylation is 3. The van der Waals surface area contributed by atoms with Gasteiger partial charge in [-0.05, 0) is 51.2 Å². The molecule has 2 heterocycles. The molecular formula is C20H24N4O4S. The quantitative estimate of drug-likeness (QED) is 0.553. The number of aromatic nitrogens is 2. The maximum atomic E-state index is 12.2. The lowest BCUT2D eigenvalue weighted by atomic mass is 9.95. The van der Waals surface area contributed by atoms with Crippen molar-refractivity contribution in [2.75, 3.05) is 11.9 Å². The van der Waals surface area contributed by atoms with Crippen molar-refractivity contribution in [1.82, 2.24) is 9.78 Å². The van der Waals surface area contributed by atoms with E-state index in [0.717, 1.165) is 53.1 Å². The predicted molar refractivity (Wildman–Crippen MR) is 111 cm³/mol. The molecule has 0 fully saturated rings. The molecule has 0 aromatic carbocycles. The molecule has 2 aromatic rings. The summed E-state index contributed by atoms with van der Waals surface area (Å²) < 4.78 is 6.74. The van der Waals surface area contributed by atoms with E-state index in [-0.39, 0.29) is 0 Å². The van der Waals surface area contributed by atoms with Crippen molar-refractivity contribution in [3.63, 3.8) is 0 Å². The lowest BCUT2D eigenvalue weighted by Gasteiger charge is -2.11. The molecule has 1 aliphatic carbocycles. The number of nitrogens with two attached hydrogens (primary N) is 1. The minimum Gasteiger partial charge on any atom is -0.452 e. The number of hydrogen-bond acceptors (Lipinski definition) is 6. The molecule has 0 atom stereocenters. The van der Waals surface area contributed by atoms with Crippen LogP contribution in [0, 0.1) is 13.8 Å². The SMILES string of the molecule is Cc1nn(C)c(C)c1/C=C/C(=O)OCC(=O)Nc1sc2c(c1C(N)=O)CCCC2. The topological polar surface area (TPSA) is 116 Å². The minimum absolute atomic E-state index is 0.381. The molecule has 0 saturated carbocycles. The number of fused-ring (bicyclic) bond motifs is 1. The van der Waals surface area contributed by atoms with Crippen molar-refractivity contribution in [2.24, 2.45) is 12.8 Å². The Bertz CT molecular complexity index is 1000. The fourth-order valence-corrected chi connectivity index (χ4v) is 4.76. The average molecular weight is 417 g/mol.